The van der Waals surface area contributed by atoms with Gasteiger partial charge in [-0.1, -0.05) is 12.1 Å². The van der Waals surface area contributed by atoms with Crippen LogP contribution >= 0.6 is 22.6 Å². The first-order valence-electron chi connectivity index (χ1n) is 6.29. The lowest BCUT2D eigenvalue weighted by atomic mass is 10.1. The van der Waals surface area contributed by atoms with Gasteiger partial charge in [-0.25, -0.2) is 4.79 Å². The number of carboxylic acid groups (broad SMARTS) is 1. The Balaban J connectivity index is 2.11. The zero-order valence-corrected chi connectivity index (χ0v) is 13.0. The summed E-state index contributed by atoms with van der Waals surface area (Å²) in [6.45, 7) is 0. The summed E-state index contributed by atoms with van der Waals surface area (Å²) in [5, 5.41) is 13.4. The van der Waals surface area contributed by atoms with E-state index in [1.165, 1.54) is 0 Å². The van der Waals surface area contributed by atoms with Crippen molar-refractivity contribution in [1.29, 1.82) is 0 Å². The molecule has 0 radical (unpaired) electrons. The van der Waals surface area contributed by atoms with Gasteiger partial charge >= 0.3 is 5.97 Å². The van der Waals surface area contributed by atoms with Crippen molar-refractivity contribution in [2.75, 3.05) is 5.32 Å². The minimum Gasteiger partial charge on any atom is -0.478 e. The third-order valence-corrected chi connectivity index (χ3v) is 3.80. The fraction of sp³-hybridized carbons (Fsp3) is 0. The van der Waals surface area contributed by atoms with E-state index in [1.54, 1.807) is 24.4 Å². The minimum absolute atomic E-state index is 0.244. The summed E-state index contributed by atoms with van der Waals surface area (Å²) < 4.78 is 1.10. The highest BCUT2D eigenvalue weighted by atomic mass is 127. The maximum Gasteiger partial charge on any atom is 0.337 e. The second kappa shape index (κ2) is 5.69. The van der Waals surface area contributed by atoms with Crippen LogP contribution in [0.5, 0.6) is 0 Å². The van der Waals surface area contributed by atoms with E-state index in [2.05, 4.69) is 32.9 Å². The second-order valence-corrected chi connectivity index (χ2v) is 5.74. The molecule has 3 aromatic rings. The number of hydrogen-bond acceptors (Lipinski definition) is 3. The van der Waals surface area contributed by atoms with E-state index >= 15 is 0 Å². The molecule has 21 heavy (non-hydrogen) atoms. The lowest BCUT2D eigenvalue weighted by Gasteiger charge is -2.11. The van der Waals surface area contributed by atoms with E-state index in [4.69, 9.17) is 0 Å². The molecule has 4 nitrogen and oxygen atoms in total. The van der Waals surface area contributed by atoms with Gasteiger partial charge in [-0.2, -0.15) is 0 Å². The number of aromatic carboxylic acids is 1. The standard InChI is InChI=1S/C16H11IN2O2/c17-10-5-6-13-12(9-10)15(7-8-18-13)19-14-4-2-1-3-11(14)16(20)21/h1-9H,(H,18,19)(H,20,21). The Labute approximate surface area is 135 Å². The molecule has 0 saturated carbocycles. The van der Waals surface area contributed by atoms with Crippen LogP contribution in [-0.2, 0) is 0 Å². The third-order valence-electron chi connectivity index (χ3n) is 3.13. The largest absolute Gasteiger partial charge is 0.478 e. The first-order chi connectivity index (χ1) is 10.1. The Hall–Kier alpha value is -2.15. The lowest BCUT2D eigenvalue weighted by Crippen LogP contribution is -2.02. The number of anilines is 2. The van der Waals surface area contributed by atoms with Crippen molar-refractivity contribution in [2.45, 2.75) is 0 Å². The summed E-state index contributed by atoms with van der Waals surface area (Å²) in [4.78, 5) is 15.6. The van der Waals surface area contributed by atoms with Crippen LogP contribution in [0.2, 0.25) is 0 Å². The molecule has 3 rings (SSSR count). The minimum atomic E-state index is -0.953. The molecule has 5 heteroatoms. The average Bonchev–Trinajstić information content (AvgIpc) is 2.48. The molecule has 1 aromatic heterocycles. The second-order valence-electron chi connectivity index (χ2n) is 4.50. The van der Waals surface area contributed by atoms with Crippen LogP contribution in [0.1, 0.15) is 10.4 Å². The average molecular weight is 390 g/mol. The van der Waals surface area contributed by atoms with Crippen molar-refractivity contribution in [3.63, 3.8) is 0 Å². The summed E-state index contributed by atoms with van der Waals surface area (Å²) in [7, 11) is 0. The van der Waals surface area contributed by atoms with Crippen molar-refractivity contribution in [2.24, 2.45) is 0 Å². The molecule has 104 valence electrons. The molecule has 0 aliphatic heterocycles. The molecule has 0 spiro atoms. The van der Waals surface area contributed by atoms with Crippen molar-refractivity contribution in [3.05, 3.63) is 63.9 Å². The maximum atomic E-state index is 11.3. The van der Waals surface area contributed by atoms with Crippen LogP contribution in [0, 0.1) is 3.57 Å². The van der Waals surface area contributed by atoms with Crippen molar-refractivity contribution < 1.29 is 9.90 Å². The number of para-hydroxylation sites is 1. The predicted octanol–water partition coefficient (Wildman–Crippen LogP) is 4.28. The smallest absolute Gasteiger partial charge is 0.337 e. The highest BCUT2D eigenvalue weighted by molar-refractivity contribution is 14.1. The molecule has 0 fully saturated rings. The number of fused-ring (bicyclic) bond motifs is 1. The zero-order valence-electron chi connectivity index (χ0n) is 10.9. The molecule has 2 aromatic carbocycles. The predicted molar refractivity (Wildman–Crippen MR) is 91.1 cm³/mol. The first-order valence-corrected chi connectivity index (χ1v) is 7.36. The zero-order chi connectivity index (χ0) is 14.8. The number of nitrogens with one attached hydrogen (secondary N) is 1. The Morgan fingerprint density at radius 1 is 1.10 bits per heavy atom. The molecule has 0 bridgehead atoms. The van der Waals surface area contributed by atoms with Crippen molar-refractivity contribution in [3.8, 4) is 0 Å². The molecule has 0 atom stereocenters. The van der Waals surface area contributed by atoms with E-state index in [0.29, 0.717) is 5.69 Å². The third kappa shape index (κ3) is 2.82. The fourth-order valence-corrected chi connectivity index (χ4v) is 2.64. The molecule has 0 saturated heterocycles. The Morgan fingerprint density at radius 2 is 1.90 bits per heavy atom. The van der Waals surface area contributed by atoms with Crippen LogP contribution in [0.25, 0.3) is 10.9 Å². The molecule has 0 aliphatic carbocycles. The van der Waals surface area contributed by atoms with Gasteiger partial charge in [0.1, 0.15) is 0 Å². The van der Waals surface area contributed by atoms with E-state index < -0.39 is 5.97 Å². The first kappa shape index (κ1) is 13.8. The number of aromatic nitrogens is 1. The number of carbonyl (C=O) groups is 1. The summed E-state index contributed by atoms with van der Waals surface area (Å²) in [6, 6.07) is 14.7. The fourth-order valence-electron chi connectivity index (χ4n) is 2.15. The van der Waals surface area contributed by atoms with Gasteiger partial charge in [0.05, 0.1) is 16.8 Å². The Bertz CT molecular complexity index is 833. The number of hydrogen-bond donors (Lipinski definition) is 2. The normalized spacial score (nSPS) is 10.5. The molecule has 0 unspecified atom stereocenters. The quantitative estimate of drug-likeness (QED) is 0.656. The van der Waals surface area contributed by atoms with Gasteiger partial charge in [0.25, 0.3) is 0 Å². The number of benzene rings is 2. The maximum absolute atomic E-state index is 11.3. The Kier molecular flexibility index (Phi) is 3.74. The van der Waals surface area contributed by atoms with Crippen LogP contribution in [0.15, 0.2) is 54.7 Å². The number of carboxylic acids is 1. The van der Waals surface area contributed by atoms with Gasteiger partial charge in [0.2, 0.25) is 0 Å². The highest BCUT2D eigenvalue weighted by Gasteiger charge is 2.10. The van der Waals surface area contributed by atoms with Crippen LogP contribution in [0.4, 0.5) is 11.4 Å². The van der Waals surface area contributed by atoms with Gasteiger partial charge in [-0.3, -0.25) is 4.98 Å². The highest BCUT2D eigenvalue weighted by Crippen LogP contribution is 2.28. The molecule has 0 aliphatic rings. The van der Waals surface area contributed by atoms with Gasteiger partial charge in [-0.15, -0.1) is 0 Å². The van der Waals surface area contributed by atoms with Crippen molar-refractivity contribution >= 4 is 50.8 Å². The van der Waals surface area contributed by atoms with Gasteiger partial charge in [0.15, 0.2) is 0 Å². The lowest BCUT2D eigenvalue weighted by molar-refractivity contribution is 0.0698. The van der Waals surface area contributed by atoms with Crippen LogP contribution in [-0.4, -0.2) is 16.1 Å². The van der Waals surface area contributed by atoms with Crippen molar-refractivity contribution in [1.82, 2.24) is 4.98 Å². The van der Waals surface area contributed by atoms with E-state index in [0.717, 1.165) is 20.2 Å². The molecule has 0 amide bonds. The van der Waals surface area contributed by atoms with Gasteiger partial charge < -0.3 is 10.4 Å². The van der Waals surface area contributed by atoms with Gasteiger partial charge in [-0.05, 0) is 59.0 Å². The van der Waals surface area contributed by atoms with E-state index in [9.17, 15) is 9.90 Å². The van der Waals surface area contributed by atoms with Crippen LogP contribution in [0.3, 0.4) is 0 Å². The number of halogens is 1. The summed E-state index contributed by atoms with van der Waals surface area (Å²) in [6.07, 6.45) is 1.71. The topological polar surface area (TPSA) is 62.2 Å². The number of pyridine rings is 1. The molecular formula is C16H11IN2O2. The summed E-state index contributed by atoms with van der Waals surface area (Å²) in [5.74, 6) is -0.953. The molecule has 2 N–H and O–H groups in total. The van der Waals surface area contributed by atoms with Crippen LogP contribution < -0.4 is 5.32 Å². The monoisotopic (exact) mass is 390 g/mol. The van der Waals surface area contributed by atoms with Gasteiger partial charge in [0, 0.05) is 20.8 Å². The molecule has 1 heterocycles. The molecular weight excluding hydrogens is 379 g/mol. The SMILES string of the molecule is O=C(O)c1ccccc1Nc1ccnc2ccc(I)cc12. The number of nitrogens with zero attached hydrogens (tertiary/aromatic N) is 1. The van der Waals surface area contributed by atoms with E-state index in [-0.39, 0.29) is 5.56 Å². The number of rotatable bonds is 3. The summed E-state index contributed by atoms with van der Waals surface area (Å²) >= 11 is 2.24. The summed E-state index contributed by atoms with van der Waals surface area (Å²) in [5.41, 5.74) is 2.52. The Morgan fingerprint density at radius 3 is 2.71 bits per heavy atom. The van der Waals surface area contributed by atoms with E-state index in [1.807, 2.05) is 30.3 Å².